The van der Waals surface area contributed by atoms with Crippen molar-refractivity contribution in [3.05, 3.63) is 0 Å². The summed E-state index contributed by atoms with van der Waals surface area (Å²) < 4.78 is 0. The number of aliphatic carboxylic acids is 2. The van der Waals surface area contributed by atoms with Gasteiger partial charge in [-0.25, -0.2) is 0 Å². The summed E-state index contributed by atoms with van der Waals surface area (Å²) in [5.41, 5.74) is -1.57. The summed E-state index contributed by atoms with van der Waals surface area (Å²) in [6.07, 6.45) is 13.0. The first-order chi connectivity index (χ1) is 11.0. The van der Waals surface area contributed by atoms with Crippen LogP contribution in [0.2, 0.25) is 0 Å². The van der Waals surface area contributed by atoms with Crippen molar-refractivity contribution in [2.45, 2.75) is 104 Å². The van der Waals surface area contributed by atoms with Crippen LogP contribution in [0.5, 0.6) is 0 Å². The molecule has 0 amide bonds. The van der Waals surface area contributed by atoms with Crippen molar-refractivity contribution in [2.75, 3.05) is 0 Å². The largest absolute Gasteiger partial charge is 1.00 e. The quantitative estimate of drug-likeness (QED) is 0.258. The standard InChI is InChI=1S/C19H36O4.Li.H/c1-3-5-7-9-11-13-15-19(17(20)21,18(22)23)16-14-12-10-8-6-4-2;;/h3-16H2,1-2H3,(H,20,21)(H,22,23);;/q;+1;-1. The Hall–Kier alpha value is -0.463. The van der Waals surface area contributed by atoms with E-state index in [1.54, 1.807) is 0 Å². The third-order valence-corrected chi connectivity index (χ3v) is 4.73. The van der Waals surface area contributed by atoms with Crippen molar-refractivity contribution in [1.29, 1.82) is 0 Å². The summed E-state index contributed by atoms with van der Waals surface area (Å²) in [4.78, 5) is 23.2. The van der Waals surface area contributed by atoms with E-state index in [0.29, 0.717) is 12.8 Å². The molecule has 0 aromatic rings. The normalized spacial score (nSPS) is 11.1. The maximum atomic E-state index is 11.6. The van der Waals surface area contributed by atoms with Gasteiger partial charge in [-0.05, 0) is 12.8 Å². The van der Waals surface area contributed by atoms with Crippen molar-refractivity contribution < 1.29 is 40.1 Å². The van der Waals surface area contributed by atoms with E-state index >= 15 is 0 Å². The number of hydrogen-bond donors (Lipinski definition) is 2. The molecular formula is C19H37LiO4. The average molecular weight is 336 g/mol. The van der Waals surface area contributed by atoms with Gasteiger partial charge in [0.25, 0.3) is 0 Å². The van der Waals surface area contributed by atoms with E-state index in [2.05, 4.69) is 13.8 Å². The van der Waals surface area contributed by atoms with Gasteiger partial charge in [0.05, 0.1) is 0 Å². The zero-order valence-corrected chi connectivity index (χ0v) is 16.1. The molecule has 24 heavy (non-hydrogen) atoms. The van der Waals surface area contributed by atoms with Gasteiger partial charge < -0.3 is 11.6 Å². The molecule has 0 saturated heterocycles. The van der Waals surface area contributed by atoms with Crippen LogP contribution in [-0.2, 0) is 9.59 Å². The fraction of sp³-hybridized carbons (Fsp3) is 0.895. The molecular weight excluding hydrogens is 299 g/mol. The number of rotatable bonds is 16. The third-order valence-electron chi connectivity index (χ3n) is 4.73. The Morgan fingerprint density at radius 1 is 0.667 bits per heavy atom. The minimum atomic E-state index is -1.57. The summed E-state index contributed by atoms with van der Waals surface area (Å²) in [5.74, 6) is -2.32. The van der Waals surface area contributed by atoms with Gasteiger partial charge >= 0.3 is 30.8 Å². The predicted octanol–water partition coefficient (Wildman–Crippen LogP) is 2.76. The summed E-state index contributed by atoms with van der Waals surface area (Å²) in [6, 6.07) is 0. The van der Waals surface area contributed by atoms with Gasteiger partial charge in [-0.3, -0.25) is 9.59 Å². The Bertz CT molecular complexity index is 305. The van der Waals surface area contributed by atoms with E-state index in [0.717, 1.165) is 38.5 Å². The second-order valence-corrected chi connectivity index (χ2v) is 6.73. The smallest absolute Gasteiger partial charge is 1.00 e. The zero-order valence-electron chi connectivity index (χ0n) is 17.1. The van der Waals surface area contributed by atoms with Gasteiger partial charge in [0, 0.05) is 0 Å². The molecule has 0 unspecified atom stereocenters. The van der Waals surface area contributed by atoms with Gasteiger partial charge in [0.2, 0.25) is 0 Å². The van der Waals surface area contributed by atoms with Crippen molar-refractivity contribution in [2.24, 2.45) is 5.41 Å². The number of carboxylic acids is 2. The van der Waals surface area contributed by atoms with Crippen LogP contribution in [0.1, 0.15) is 105 Å². The molecule has 0 spiro atoms. The van der Waals surface area contributed by atoms with E-state index in [9.17, 15) is 19.8 Å². The molecule has 5 heteroatoms. The van der Waals surface area contributed by atoms with Gasteiger partial charge in [0.15, 0.2) is 5.41 Å². The molecule has 0 bridgehead atoms. The number of carboxylic acid groups (broad SMARTS) is 2. The zero-order chi connectivity index (χ0) is 17.6. The molecule has 0 radical (unpaired) electrons. The maximum Gasteiger partial charge on any atom is 1.00 e. The molecule has 4 nitrogen and oxygen atoms in total. The van der Waals surface area contributed by atoms with Crippen LogP contribution in [0, 0.1) is 5.41 Å². The summed E-state index contributed by atoms with van der Waals surface area (Å²) in [7, 11) is 0. The van der Waals surface area contributed by atoms with Crippen LogP contribution in [-0.4, -0.2) is 22.2 Å². The number of hydrogen-bond acceptors (Lipinski definition) is 2. The van der Waals surface area contributed by atoms with E-state index in [-0.39, 0.29) is 33.1 Å². The van der Waals surface area contributed by atoms with Gasteiger partial charge in [0.1, 0.15) is 0 Å². The SMILES string of the molecule is CCCCCCCCC(CCCCCCCC)(C(=O)O)C(=O)O.[H-].[Li+]. The van der Waals surface area contributed by atoms with Gasteiger partial charge in [-0.1, -0.05) is 90.9 Å². The minimum absolute atomic E-state index is 0. The van der Waals surface area contributed by atoms with E-state index in [4.69, 9.17) is 0 Å². The molecule has 0 rings (SSSR count). The van der Waals surface area contributed by atoms with Crippen LogP contribution in [0.15, 0.2) is 0 Å². The first-order valence-corrected chi connectivity index (χ1v) is 9.48. The monoisotopic (exact) mass is 336 g/mol. The van der Waals surface area contributed by atoms with Crippen LogP contribution in [0.4, 0.5) is 0 Å². The Kier molecular flexibility index (Phi) is 17.2. The first kappa shape index (κ1) is 25.8. The van der Waals surface area contributed by atoms with E-state index in [1.165, 1.54) is 25.7 Å². The molecule has 138 valence electrons. The molecule has 0 aromatic heterocycles. The molecule has 2 N–H and O–H groups in total. The Labute approximate surface area is 161 Å². The molecule has 0 aliphatic carbocycles. The van der Waals surface area contributed by atoms with Gasteiger partial charge in [-0.2, -0.15) is 0 Å². The van der Waals surface area contributed by atoms with Crippen molar-refractivity contribution in [1.82, 2.24) is 0 Å². The molecule has 0 fully saturated rings. The van der Waals surface area contributed by atoms with E-state index in [1.807, 2.05) is 0 Å². The fourth-order valence-corrected chi connectivity index (χ4v) is 3.06. The molecule has 0 atom stereocenters. The second-order valence-electron chi connectivity index (χ2n) is 6.73. The maximum absolute atomic E-state index is 11.6. The Morgan fingerprint density at radius 3 is 1.25 bits per heavy atom. The van der Waals surface area contributed by atoms with Crippen molar-refractivity contribution in [3.8, 4) is 0 Å². The fourth-order valence-electron chi connectivity index (χ4n) is 3.06. The molecule has 0 saturated carbocycles. The topological polar surface area (TPSA) is 74.6 Å². The Morgan fingerprint density at radius 2 is 0.958 bits per heavy atom. The number of carbonyl (C=O) groups is 2. The van der Waals surface area contributed by atoms with Crippen molar-refractivity contribution >= 4 is 11.9 Å². The molecule has 0 aliphatic rings. The van der Waals surface area contributed by atoms with Crippen LogP contribution in [0.25, 0.3) is 0 Å². The van der Waals surface area contributed by atoms with Gasteiger partial charge in [-0.15, -0.1) is 0 Å². The summed E-state index contributed by atoms with van der Waals surface area (Å²) in [5, 5.41) is 19.0. The van der Waals surface area contributed by atoms with E-state index < -0.39 is 17.4 Å². The average Bonchev–Trinajstić information content (AvgIpc) is 2.51. The van der Waals surface area contributed by atoms with Crippen molar-refractivity contribution in [3.63, 3.8) is 0 Å². The van der Waals surface area contributed by atoms with Crippen LogP contribution >= 0.6 is 0 Å². The molecule has 0 aromatic carbocycles. The van der Waals surface area contributed by atoms with Crippen LogP contribution in [0.3, 0.4) is 0 Å². The summed E-state index contributed by atoms with van der Waals surface area (Å²) >= 11 is 0. The number of unbranched alkanes of at least 4 members (excludes halogenated alkanes) is 10. The minimum Gasteiger partial charge on any atom is -1.00 e. The molecule has 0 heterocycles. The Balaban J connectivity index is -0.00000242. The first-order valence-electron chi connectivity index (χ1n) is 9.48. The predicted molar refractivity (Wildman–Crippen MR) is 94.8 cm³/mol. The summed E-state index contributed by atoms with van der Waals surface area (Å²) in [6.45, 7) is 4.31. The third kappa shape index (κ3) is 10.4. The molecule has 0 aliphatic heterocycles. The van der Waals surface area contributed by atoms with Crippen LogP contribution < -0.4 is 18.9 Å². The second kappa shape index (κ2) is 16.0.